The van der Waals surface area contributed by atoms with Gasteiger partial charge in [-0.25, -0.2) is 4.79 Å². The summed E-state index contributed by atoms with van der Waals surface area (Å²) < 4.78 is 9.04. The molecule has 15 heavy (non-hydrogen) atoms. The molecule has 0 amide bonds. The van der Waals surface area contributed by atoms with Gasteiger partial charge in [0.15, 0.2) is 6.10 Å². The summed E-state index contributed by atoms with van der Waals surface area (Å²) in [6.07, 6.45) is -1.27. The molecule has 0 fully saturated rings. The first-order valence-corrected chi connectivity index (χ1v) is 4.44. The van der Waals surface area contributed by atoms with Gasteiger partial charge in [-0.3, -0.25) is 0 Å². The van der Waals surface area contributed by atoms with Gasteiger partial charge in [-0.1, -0.05) is 30.3 Å². The minimum absolute atomic E-state index is 0.367. The van der Waals surface area contributed by atoms with Crippen molar-refractivity contribution in [3.63, 3.8) is 0 Å². The summed E-state index contributed by atoms with van der Waals surface area (Å²) in [5, 5.41) is 8.75. The first kappa shape index (κ1) is 11.1. The Morgan fingerprint density at radius 2 is 2.13 bits per heavy atom. The van der Waals surface area contributed by atoms with E-state index in [0.29, 0.717) is 6.42 Å². The van der Waals surface area contributed by atoms with Crippen LogP contribution < -0.4 is 0 Å². The Kier molecular flexibility index (Phi) is 4.17. The second kappa shape index (κ2) is 5.66. The lowest BCUT2D eigenvalue weighted by molar-refractivity contribution is 0.0548. The van der Waals surface area contributed by atoms with Crippen LogP contribution in [-0.2, 0) is 15.9 Å². The van der Waals surface area contributed by atoms with Crippen molar-refractivity contribution in [2.45, 2.75) is 12.5 Å². The standard InChI is InChI=1S/C11H11NO3/c1-14-11(13)15-10(8-12)7-9-5-3-2-4-6-9/h2-6,10H,7H2,1H3. The lowest BCUT2D eigenvalue weighted by atomic mass is 10.1. The third kappa shape index (κ3) is 3.69. The lowest BCUT2D eigenvalue weighted by Crippen LogP contribution is -2.18. The normalized spacial score (nSPS) is 11.2. The average Bonchev–Trinajstić information content (AvgIpc) is 2.29. The van der Waals surface area contributed by atoms with E-state index in [1.165, 1.54) is 7.11 Å². The van der Waals surface area contributed by atoms with Crippen LogP contribution in [0.1, 0.15) is 5.56 Å². The summed E-state index contributed by atoms with van der Waals surface area (Å²) in [5.74, 6) is 0. The van der Waals surface area contributed by atoms with Crippen LogP contribution in [0.25, 0.3) is 0 Å². The van der Waals surface area contributed by atoms with Crippen molar-refractivity contribution in [3.8, 4) is 6.07 Å². The molecule has 1 rings (SSSR count). The molecular formula is C11H11NO3. The largest absolute Gasteiger partial charge is 0.509 e. The Hall–Kier alpha value is -2.02. The number of benzene rings is 1. The number of hydrogen-bond donors (Lipinski definition) is 0. The second-order valence-corrected chi connectivity index (χ2v) is 2.88. The predicted molar refractivity (Wildman–Crippen MR) is 53.0 cm³/mol. The van der Waals surface area contributed by atoms with E-state index in [2.05, 4.69) is 4.74 Å². The van der Waals surface area contributed by atoms with Gasteiger partial charge < -0.3 is 9.47 Å². The van der Waals surface area contributed by atoms with E-state index in [4.69, 9.17) is 10.00 Å². The van der Waals surface area contributed by atoms with Gasteiger partial charge in [-0.05, 0) is 5.56 Å². The van der Waals surface area contributed by atoms with Crippen LogP contribution in [0, 0.1) is 11.3 Å². The summed E-state index contributed by atoms with van der Waals surface area (Å²) in [7, 11) is 1.21. The molecule has 1 unspecified atom stereocenters. The molecule has 0 radical (unpaired) electrons. The molecule has 0 aliphatic rings. The van der Waals surface area contributed by atoms with Crippen LogP contribution in [0.5, 0.6) is 0 Å². The fraction of sp³-hybridized carbons (Fsp3) is 0.273. The number of ether oxygens (including phenoxy) is 2. The van der Waals surface area contributed by atoms with Gasteiger partial charge in [0.05, 0.1) is 7.11 Å². The molecule has 4 heteroatoms. The molecule has 78 valence electrons. The molecule has 0 aromatic heterocycles. The van der Waals surface area contributed by atoms with Gasteiger partial charge in [0.25, 0.3) is 0 Å². The zero-order valence-corrected chi connectivity index (χ0v) is 8.34. The number of methoxy groups -OCH3 is 1. The maximum absolute atomic E-state index is 10.8. The van der Waals surface area contributed by atoms with Gasteiger partial charge >= 0.3 is 6.16 Å². The Labute approximate surface area is 88.0 Å². The van der Waals surface area contributed by atoms with Crippen molar-refractivity contribution < 1.29 is 14.3 Å². The van der Waals surface area contributed by atoms with E-state index in [1.54, 1.807) is 0 Å². The van der Waals surface area contributed by atoms with E-state index in [1.807, 2.05) is 36.4 Å². The number of carbonyl (C=O) groups excluding carboxylic acids is 1. The Morgan fingerprint density at radius 3 is 2.67 bits per heavy atom. The molecule has 4 nitrogen and oxygen atoms in total. The van der Waals surface area contributed by atoms with Gasteiger partial charge in [0.2, 0.25) is 0 Å². The predicted octanol–water partition coefficient (Wildman–Crippen LogP) is 1.90. The maximum atomic E-state index is 10.8. The van der Waals surface area contributed by atoms with Crippen molar-refractivity contribution in [3.05, 3.63) is 35.9 Å². The highest BCUT2D eigenvalue weighted by Crippen LogP contribution is 2.06. The summed E-state index contributed by atoms with van der Waals surface area (Å²) >= 11 is 0. The number of carbonyl (C=O) groups is 1. The van der Waals surface area contributed by atoms with Crippen LogP contribution in [0.4, 0.5) is 4.79 Å². The fourth-order valence-corrected chi connectivity index (χ4v) is 1.11. The molecule has 0 N–H and O–H groups in total. The van der Waals surface area contributed by atoms with Crippen molar-refractivity contribution >= 4 is 6.16 Å². The summed E-state index contributed by atoms with van der Waals surface area (Å²) in [6.45, 7) is 0. The topological polar surface area (TPSA) is 59.3 Å². The van der Waals surface area contributed by atoms with Crippen molar-refractivity contribution in [2.24, 2.45) is 0 Å². The van der Waals surface area contributed by atoms with Crippen molar-refractivity contribution in [1.82, 2.24) is 0 Å². The number of nitrogens with zero attached hydrogens (tertiary/aromatic N) is 1. The second-order valence-electron chi connectivity index (χ2n) is 2.88. The summed E-state index contributed by atoms with van der Waals surface area (Å²) in [6, 6.07) is 11.2. The van der Waals surface area contributed by atoms with E-state index in [9.17, 15) is 4.79 Å². The zero-order chi connectivity index (χ0) is 11.1. The molecule has 1 aromatic rings. The Morgan fingerprint density at radius 1 is 1.47 bits per heavy atom. The summed E-state index contributed by atoms with van der Waals surface area (Å²) in [5.41, 5.74) is 0.938. The monoisotopic (exact) mass is 205 g/mol. The minimum atomic E-state index is -0.836. The Bertz CT molecular complexity index is 356. The highest BCUT2D eigenvalue weighted by Gasteiger charge is 2.13. The minimum Gasteiger partial charge on any atom is -0.438 e. The molecule has 0 saturated carbocycles. The fourth-order valence-electron chi connectivity index (χ4n) is 1.11. The van der Waals surface area contributed by atoms with Gasteiger partial charge in [0.1, 0.15) is 6.07 Å². The van der Waals surface area contributed by atoms with Gasteiger partial charge in [-0.2, -0.15) is 5.26 Å². The third-order valence-corrected chi connectivity index (χ3v) is 1.81. The number of nitriles is 1. The Balaban J connectivity index is 2.55. The first-order valence-electron chi connectivity index (χ1n) is 4.44. The summed E-state index contributed by atoms with van der Waals surface area (Å²) in [4.78, 5) is 10.8. The van der Waals surface area contributed by atoms with E-state index in [-0.39, 0.29) is 0 Å². The lowest BCUT2D eigenvalue weighted by Gasteiger charge is -2.09. The van der Waals surface area contributed by atoms with E-state index >= 15 is 0 Å². The average molecular weight is 205 g/mol. The third-order valence-electron chi connectivity index (χ3n) is 1.81. The molecule has 0 heterocycles. The molecule has 1 aromatic carbocycles. The zero-order valence-electron chi connectivity index (χ0n) is 8.34. The quantitative estimate of drug-likeness (QED) is 0.707. The number of hydrogen-bond acceptors (Lipinski definition) is 4. The van der Waals surface area contributed by atoms with E-state index < -0.39 is 12.3 Å². The van der Waals surface area contributed by atoms with Crippen molar-refractivity contribution in [1.29, 1.82) is 5.26 Å². The van der Waals surface area contributed by atoms with Crippen LogP contribution in [-0.4, -0.2) is 19.4 Å². The SMILES string of the molecule is COC(=O)OC(C#N)Cc1ccccc1. The number of rotatable bonds is 3. The van der Waals surface area contributed by atoms with Crippen LogP contribution >= 0.6 is 0 Å². The highest BCUT2D eigenvalue weighted by molar-refractivity contribution is 5.60. The molecule has 0 spiro atoms. The molecule has 1 atom stereocenters. The molecule has 0 bridgehead atoms. The molecule has 0 saturated heterocycles. The smallest absolute Gasteiger partial charge is 0.438 e. The molecule has 0 aliphatic heterocycles. The van der Waals surface area contributed by atoms with Gasteiger partial charge in [0, 0.05) is 6.42 Å². The van der Waals surface area contributed by atoms with Crippen LogP contribution in [0.2, 0.25) is 0 Å². The molecular weight excluding hydrogens is 194 g/mol. The van der Waals surface area contributed by atoms with E-state index in [0.717, 1.165) is 5.56 Å². The van der Waals surface area contributed by atoms with Crippen LogP contribution in [0.15, 0.2) is 30.3 Å². The van der Waals surface area contributed by atoms with Gasteiger partial charge in [-0.15, -0.1) is 0 Å². The first-order chi connectivity index (χ1) is 7.26. The van der Waals surface area contributed by atoms with Crippen molar-refractivity contribution in [2.75, 3.05) is 7.11 Å². The molecule has 0 aliphatic carbocycles. The highest BCUT2D eigenvalue weighted by atomic mass is 16.7. The maximum Gasteiger partial charge on any atom is 0.509 e. The van der Waals surface area contributed by atoms with Crippen LogP contribution in [0.3, 0.4) is 0 Å².